The molecule has 4 rings (SSSR count). The van der Waals surface area contributed by atoms with Crippen molar-refractivity contribution < 1.29 is 14.3 Å². The summed E-state index contributed by atoms with van der Waals surface area (Å²) in [6.45, 7) is 1.79. The molecular weight excluding hydrogens is 414 g/mol. The van der Waals surface area contributed by atoms with Gasteiger partial charge in [-0.2, -0.15) is 0 Å². The Hall–Kier alpha value is -2.66. The van der Waals surface area contributed by atoms with Crippen LogP contribution < -0.4 is 10.9 Å². The van der Waals surface area contributed by atoms with Gasteiger partial charge in [0.05, 0.1) is 24.1 Å². The van der Waals surface area contributed by atoms with Gasteiger partial charge in [-0.15, -0.1) is 27.8 Å². The Kier molecular flexibility index (Phi) is 5.67. The Bertz CT molecular complexity index is 1130. The average molecular weight is 434 g/mol. The topological polar surface area (TPSA) is 116 Å². The van der Waals surface area contributed by atoms with E-state index in [0.717, 1.165) is 35.9 Å². The number of nitrogens with one attached hydrogen (secondary N) is 1. The number of rotatable bonds is 6. The minimum Gasteiger partial charge on any atom is -0.466 e. The van der Waals surface area contributed by atoms with Gasteiger partial charge in [0.2, 0.25) is 5.91 Å². The van der Waals surface area contributed by atoms with Gasteiger partial charge in [-0.3, -0.25) is 14.4 Å². The summed E-state index contributed by atoms with van der Waals surface area (Å²) in [4.78, 5) is 42.8. The van der Waals surface area contributed by atoms with Gasteiger partial charge >= 0.3 is 5.97 Å². The van der Waals surface area contributed by atoms with E-state index >= 15 is 0 Å². The number of nitrogens with zero attached hydrogens (tertiary/aromatic N) is 4. The molecule has 1 aliphatic rings. The molecule has 1 aliphatic carbocycles. The maximum atomic E-state index is 12.9. The van der Waals surface area contributed by atoms with Crippen LogP contribution in [0.5, 0.6) is 0 Å². The number of amides is 1. The highest BCUT2D eigenvalue weighted by molar-refractivity contribution is 7.18. The smallest absolute Gasteiger partial charge is 0.311 e. The molecule has 9 nitrogen and oxygen atoms in total. The summed E-state index contributed by atoms with van der Waals surface area (Å²) < 4.78 is 5.97. The number of esters is 1. The number of carbonyl (C=O) groups is 2. The number of thiophene rings is 1. The number of thiazole rings is 1. The Morgan fingerprint density at radius 1 is 1.31 bits per heavy atom. The summed E-state index contributed by atoms with van der Waals surface area (Å²) in [5.74, 6) is -0.799. The number of hydrogen-bond donors (Lipinski definition) is 1. The van der Waals surface area contributed by atoms with E-state index in [9.17, 15) is 14.4 Å². The molecule has 0 aliphatic heterocycles. The van der Waals surface area contributed by atoms with Gasteiger partial charge in [0.25, 0.3) is 5.56 Å². The maximum Gasteiger partial charge on any atom is 0.311 e. The number of hydrogen-bond acceptors (Lipinski definition) is 9. The lowest BCUT2D eigenvalue weighted by Gasteiger charge is -2.10. The van der Waals surface area contributed by atoms with E-state index in [-0.39, 0.29) is 24.5 Å². The first-order chi connectivity index (χ1) is 14.0. The van der Waals surface area contributed by atoms with Crippen molar-refractivity contribution in [2.24, 2.45) is 0 Å². The highest BCUT2D eigenvalue weighted by atomic mass is 32.1. The molecule has 0 bridgehead atoms. The molecule has 0 radical (unpaired) electrons. The number of carbonyl (C=O) groups excluding carboxylic acids is 2. The fraction of sp³-hybridized carbons (Fsp3) is 0.444. The van der Waals surface area contributed by atoms with Crippen LogP contribution in [0.1, 0.15) is 35.9 Å². The molecule has 11 heteroatoms. The number of fused-ring (bicyclic) bond motifs is 3. The average Bonchev–Trinajstić information content (AvgIpc) is 3.28. The van der Waals surface area contributed by atoms with Crippen LogP contribution in [0.3, 0.4) is 0 Å². The van der Waals surface area contributed by atoms with E-state index in [1.54, 1.807) is 12.3 Å². The van der Waals surface area contributed by atoms with Crippen LogP contribution in [0.2, 0.25) is 0 Å². The first-order valence-electron chi connectivity index (χ1n) is 9.33. The first kappa shape index (κ1) is 19.6. The van der Waals surface area contributed by atoms with E-state index in [4.69, 9.17) is 4.74 Å². The zero-order chi connectivity index (χ0) is 20.4. The lowest BCUT2D eigenvalue weighted by Crippen LogP contribution is -2.30. The second kappa shape index (κ2) is 8.37. The third kappa shape index (κ3) is 4.20. The second-order valence-electron chi connectivity index (χ2n) is 6.62. The molecular formula is C18H19N5O4S2. The molecule has 152 valence electrons. The fourth-order valence-electron chi connectivity index (χ4n) is 3.31. The predicted octanol–water partition coefficient (Wildman–Crippen LogP) is 1.93. The van der Waals surface area contributed by atoms with Crippen LogP contribution in [0.25, 0.3) is 10.2 Å². The molecule has 29 heavy (non-hydrogen) atoms. The van der Waals surface area contributed by atoms with Gasteiger partial charge in [-0.05, 0) is 38.2 Å². The number of aryl methyl sites for hydroxylation is 2. The zero-order valence-corrected chi connectivity index (χ0v) is 17.4. The molecule has 3 aromatic rings. The highest BCUT2D eigenvalue weighted by Gasteiger charge is 2.21. The third-order valence-electron chi connectivity index (χ3n) is 4.57. The fourth-order valence-corrected chi connectivity index (χ4v) is 5.23. The van der Waals surface area contributed by atoms with E-state index in [2.05, 4.69) is 20.6 Å². The molecule has 0 saturated carbocycles. The molecule has 0 saturated heterocycles. The minimum absolute atomic E-state index is 0.0467. The number of aromatic nitrogens is 4. The van der Waals surface area contributed by atoms with Crippen LogP contribution in [-0.4, -0.2) is 38.5 Å². The van der Waals surface area contributed by atoms with Crippen molar-refractivity contribution in [1.29, 1.82) is 0 Å². The van der Waals surface area contributed by atoms with Crippen molar-refractivity contribution >= 4 is 49.9 Å². The van der Waals surface area contributed by atoms with Crippen molar-refractivity contribution in [3.63, 3.8) is 0 Å². The van der Waals surface area contributed by atoms with Crippen molar-refractivity contribution in [2.45, 2.75) is 45.6 Å². The van der Waals surface area contributed by atoms with Crippen LogP contribution in [0.15, 0.2) is 10.2 Å². The molecule has 0 unspecified atom stereocenters. The monoisotopic (exact) mass is 433 g/mol. The van der Waals surface area contributed by atoms with E-state index in [1.165, 1.54) is 27.6 Å². The molecule has 3 aromatic heterocycles. The maximum absolute atomic E-state index is 12.9. The van der Waals surface area contributed by atoms with Crippen molar-refractivity contribution in [1.82, 2.24) is 20.0 Å². The van der Waals surface area contributed by atoms with Crippen molar-refractivity contribution in [2.75, 3.05) is 11.9 Å². The van der Waals surface area contributed by atoms with Crippen LogP contribution >= 0.6 is 22.7 Å². The minimum atomic E-state index is -0.429. The SMILES string of the molecule is CCOC(=O)Cc1csc(NC(=O)Cn2nnc3sc4c(c3c2=O)CCCC4)n1. The lowest BCUT2D eigenvalue weighted by molar-refractivity contribution is -0.142. The molecule has 0 fully saturated rings. The largest absolute Gasteiger partial charge is 0.466 e. The number of anilines is 1. The summed E-state index contributed by atoms with van der Waals surface area (Å²) in [5, 5.41) is 13.3. The standard InChI is InChI=1S/C18H19N5O4S2/c1-2-27-14(25)7-10-9-28-18(19-10)20-13(24)8-23-17(26)15-11-5-3-4-6-12(11)29-16(15)21-22-23/h9H,2-8H2,1H3,(H,19,20,24). The highest BCUT2D eigenvalue weighted by Crippen LogP contribution is 2.33. The summed E-state index contributed by atoms with van der Waals surface area (Å²) in [6, 6.07) is 0. The predicted molar refractivity (Wildman–Crippen MR) is 109 cm³/mol. The molecule has 0 atom stereocenters. The Labute approximate surface area is 173 Å². The normalized spacial score (nSPS) is 13.3. The van der Waals surface area contributed by atoms with Crippen LogP contribution in [0.4, 0.5) is 5.13 Å². The second-order valence-corrected chi connectivity index (χ2v) is 8.56. The summed E-state index contributed by atoms with van der Waals surface area (Å²) in [5.41, 5.74) is 1.30. The third-order valence-corrected chi connectivity index (χ3v) is 6.55. The van der Waals surface area contributed by atoms with Gasteiger partial charge in [0, 0.05) is 10.3 Å². The van der Waals surface area contributed by atoms with Gasteiger partial charge < -0.3 is 10.1 Å². The quantitative estimate of drug-likeness (QED) is 0.591. The van der Waals surface area contributed by atoms with Crippen LogP contribution in [-0.2, 0) is 40.1 Å². The van der Waals surface area contributed by atoms with Gasteiger partial charge in [-0.1, -0.05) is 5.21 Å². The summed E-state index contributed by atoms with van der Waals surface area (Å²) >= 11 is 2.72. The van der Waals surface area contributed by atoms with Crippen molar-refractivity contribution in [3.05, 3.63) is 31.9 Å². The Morgan fingerprint density at radius 2 is 2.14 bits per heavy atom. The summed E-state index contributed by atoms with van der Waals surface area (Å²) in [6.07, 6.45) is 4.06. The van der Waals surface area contributed by atoms with Crippen LogP contribution in [0, 0.1) is 0 Å². The van der Waals surface area contributed by atoms with E-state index in [0.29, 0.717) is 27.6 Å². The first-order valence-corrected chi connectivity index (χ1v) is 11.0. The van der Waals surface area contributed by atoms with Gasteiger partial charge in [0.15, 0.2) is 9.96 Å². The molecule has 1 amide bonds. The summed E-state index contributed by atoms with van der Waals surface area (Å²) in [7, 11) is 0. The van der Waals surface area contributed by atoms with E-state index in [1.807, 2.05) is 0 Å². The molecule has 0 spiro atoms. The van der Waals surface area contributed by atoms with Gasteiger partial charge in [0.1, 0.15) is 6.54 Å². The lowest BCUT2D eigenvalue weighted by atomic mass is 9.97. The zero-order valence-electron chi connectivity index (χ0n) is 15.8. The Balaban J connectivity index is 1.47. The molecule has 0 aromatic carbocycles. The molecule has 3 heterocycles. The Morgan fingerprint density at radius 3 is 2.97 bits per heavy atom. The number of ether oxygens (including phenoxy) is 1. The van der Waals surface area contributed by atoms with Crippen molar-refractivity contribution in [3.8, 4) is 0 Å². The van der Waals surface area contributed by atoms with E-state index < -0.39 is 5.91 Å². The molecule has 1 N–H and O–H groups in total. The van der Waals surface area contributed by atoms with Gasteiger partial charge in [-0.25, -0.2) is 9.67 Å².